The lowest BCUT2D eigenvalue weighted by molar-refractivity contribution is 0.738. The summed E-state index contributed by atoms with van der Waals surface area (Å²) in [4.78, 5) is 0. The largest absolute Gasteiger partial charge is 0.328 e. The van der Waals surface area contributed by atoms with Gasteiger partial charge in [0.2, 0.25) is 0 Å². The van der Waals surface area contributed by atoms with Gasteiger partial charge in [-0.25, -0.2) is 0 Å². The van der Waals surface area contributed by atoms with E-state index in [1.165, 1.54) is 5.56 Å². The van der Waals surface area contributed by atoms with E-state index in [2.05, 4.69) is 0 Å². The molecule has 11 heavy (non-hydrogen) atoms. The summed E-state index contributed by atoms with van der Waals surface area (Å²) in [6.45, 7) is 1.99. The van der Waals surface area contributed by atoms with Gasteiger partial charge in [0.05, 0.1) is 0 Å². The van der Waals surface area contributed by atoms with Crippen molar-refractivity contribution in [1.82, 2.24) is 0 Å². The van der Waals surface area contributed by atoms with Gasteiger partial charge in [0, 0.05) is 11.1 Å². The summed E-state index contributed by atoms with van der Waals surface area (Å²) >= 11 is 5.79. The summed E-state index contributed by atoms with van der Waals surface area (Å²) in [5, 5.41) is 0.781. The number of nitrogens with two attached hydrogens (primary N) is 1. The van der Waals surface area contributed by atoms with Crippen LogP contribution >= 0.6 is 11.6 Å². The fourth-order valence-corrected chi connectivity index (χ4v) is 1.25. The Labute approximate surface area is 72.2 Å². The Hall–Kier alpha value is -0.530. The third-order valence-electron chi connectivity index (χ3n) is 1.45. The van der Waals surface area contributed by atoms with Crippen LogP contribution in [0.15, 0.2) is 24.3 Å². The molecule has 0 unspecified atom stereocenters. The molecule has 0 aliphatic carbocycles. The van der Waals surface area contributed by atoms with Crippen molar-refractivity contribution >= 4 is 11.6 Å². The molecule has 1 nitrogen and oxygen atoms in total. The van der Waals surface area contributed by atoms with Crippen LogP contribution in [0.1, 0.15) is 12.5 Å². The fourth-order valence-electron chi connectivity index (χ4n) is 1.04. The molecule has 0 aromatic heterocycles. The molecule has 0 heterocycles. The Balaban J connectivity index is 2.71. The van der Waals surface area contributed by atoms with Gasteiger partial charge < -0.3 is 5.73 Å². The standard InChI is InChI=1S/C9H12ClN/c1-7(11)5-8-3-2-4-9(10)6-8/h2-4,6-7H,5,11H2,1H3/t7-/m1/s1. The molecule has 1 aromatic rings. The first kappa shape index (κ1) is 8.57. The van der Waals surface area contributed by atoms with Gasteiger partial charge in [0.1, 0.15) is 0 Å². The average Bonchev–Trinajstić information content (AvgIpc) is 1.85. The molecule has 0 aliphatic rings. The van der Waals surface area contributed by atoms with E-state index in [1.54, 1.807) is 0 Å². The smallest absolute Gasteiger partial charge is 0.0408 e. The highest BCUT2D eigenvalue weighted by molar-refractivity contribution is 6.30. The quantitative estimate of drug-likeness (QED) is 0.722. The first-order chi connectivity index (χ1) is 5.18. The fraction of sp³-hybridized carbons (Fsp3) is 0.333. The number of hydrogen-bond donors (Lipinski definition) is 1. The molecular formula is C9H12ClN. The molecule has 0 saturated heterocycles. The van der Waals surface area contributed by atoms with Gasteiger partial charge in [0.25, 0.3) is 0 Å². The molecule has 0 saturated carbocycles. The number of benzene rings is 1. The summed E-state index contributed by atoms with van der Waals surface area (Å²) in [7, 11) is 0. The molecule has 1 rings (SSSR count). The average molecular weight is 170 g/mol. The minimum Gasteiger partial charge on any atom is -0.328 e. The van der Waals surface area contributed by atoms with E-state index < -0.39 is 0 Å². The summed E-state index contributed by atoms with van der Waals surface area (Å²) < 4.78 is 0. The zero-order valence-corrected chi connectivity index (χ0v) is 7.31. The molecule has 2 heteroatoms. The number of hydrogen-bond acceptors (Lipinski definition) is 1. The van der Waals surface area contributed by atoms with E-state index in [1.807, 2.05) is 31.2 Å². The molecule has 0 aliphatic heterocycles. The first-order valence-corrected chi connectivity index (χ1v) is 4.06. The van der Waals surface area contributed by atoms with E-state index in [-0.39, 0.29) is 6.04 Å². The monoisotopic (exact) mass is 169 g/mol. The number of halogens is 1. The second kappa shape index (κ2) is 3.74. The van der Waals surface area contributed by atoms with E-state index >= 15 is 0 Å². The van der Waals surface area contributed by atoms with E-state index in [4.69, 9.17) is 17.3 Å². The lowest BCUT2D eigenvalue weighted by Gasteiger charge is -2.04. The van der Waals surface area contributed by atoms with Gasteiger partial charge in [-0.3, -0.25) is 0 Å². The SMILES string of the molecule is C[C@@H](N)Cc1cccc(Cl)c1. The highest BCUT2D eigenvalue weighted by atomic mass is 35.5. The predicted octanol–water partition coefficient (Wildman–Crippen LogP) is 2.23. The molecule has 0 amide bonds. The normalized spacial score (nSPS) is 13.0. The van der Waals surface area contributed by atoms with Crippen LogP contribution in [-0.4, -0.2) is 6.04 Å². The Morgan fingerprint density at radius 1 is 1.55 bits per heavy atom. The second-order valence-corrected chi connectivity index (χ2v) is 3.25. The maximum absolute atomic E-state index is 5.79. The minimum absolute atomic E-state index is 0.202. The Morgan fingerprint density at radius 2 is 2.27 bits per heavy atom. The van der Waals surface area contributed by atoms with Crippen LogP contribution < -0.4 is 5.73 Å². The third-order valence-corrected chi connectivity index (χ3v) is 1.68. The zero-order chi connectivity index (χ0) is 8.27. The lowest BCUT2D eigenvalue weighted by atomic mass is 10.1. The van der Waals surface area contributed by atoms with Crippen molar-refractivity contribution in [3.05, 3.63) is 34.9 Å². The molecule has 0 spiro atoms. The molecule has 1 atom stereocenters. The van der Waals surface area contributed by atoms with Gasteiger partial charge in [-0.1, -0.05) is 23.7 Å². The van der Waals surface area contributed by atoms with E-state index in [0.717, 1.165) is 11.4 Å². The number of rotatable bonds is 2. The highest BCUT2D eigenvalue weighted by Crippen LogP contribution is 2.11. The Morgan fingerprint density at radius 3 is 2.82 bits per heavy atom. The minimum atomic E-state index is 0.202. The molecule has 0 bridgehead atoms. The molecule has 60 valence electrons. The Bertz CT molecular complexity index is 233. The lowest BCUT2D eigenvalue weighted by Crippen LogP contribution is -2.17. The summed E-state index contributed by atoms with van der Waals surface area (Å²) in [5.74, 6) is 0. The van der Waals surface area contributed by atoms with Gasteiger partial charge in [-0.2, -0.15) is 0 Å². The molecule has 0 fully saturated rings. The van der Waals surface area contributed by atoms with Crippen molar-refractivity contribution in [1.29, 1.82) is 0 Å². The van der Waals surface area contributed by atoms with Crippen molar-refractivity contribution in [3.63, 3.8) is 0 Å². The molecule has 1 aromatic carbocycles. The van der Waals surface area contributed by atoms with E-state index in [9.17, 15) is 0 Å². The van der Waals surface area contributed by atoms with Gasteiger partial charge in [-0.15, -0.1) is 0 Å². The molecule has 2 N–H and O–H groups in total. The van der Waals surface area contributed by atoms with Gasteiger partial charge in [0.15, 0.2) is 0 Å². The van der Waals surface area contributed by atoms with Crippen LogP contribution in [0.25, 0.3) is 0 Å². The van der Waals surface area contributed by atoms with Crippen molar-refractivity contribution in [2.24, 2.45) is 5.73 Å². The summed E-state index contributed by atoms with van der Waals surface area (Å²) in [5.41, 5.74) is 6.83. The van der Waals surface area contributed by atoms with Gasteiger partial charge >= 0.3 is 0 Å². The highest BCUT2D eigenvalue weighted by Gasteiger charge is 1.97. The predicted molar refractivity (Wildman–Crippen MR) is 48.8 cm³/mol. The van der Waals surface area contributed by atoms with Crippen molar-refractivity contribution in [2.45, 2.75) is 19.4 Å². The molecular weight excluding hydrogens is 158 g/mol. The molecule has 0 radical (unpaired) electrons. The van der Waals surface area contributed by atoms with Crippen LogP contribution in [0.4, 0.5) is 0 Å². The van der Waals surface area contributed by atoms with Crippen molar-refractivity contribution < 1.29 is 0 Å². The first-order valence-electron chi connectivity index (χ1n) is 3.68. The third kappa shape index (κ3) is 2.91. The van der Waals surface area contributed by atoms with Crippen LogP contribution in [0.3, 0.4) is 0 Å². The zero-order valence-electron chi connectivity index (χ0n) is 6.55. The topological polar surface area (TPSA) is 26.0 Å². The van der Waals surface area contributed by atoms with Crippen molar-refractivity contribution in [2.75, 3.05) is 0 Å². The summed E-state index contributed by atoms with van der Waals surface area (Å²) in [6, 6.07) is 8.00. The van der Waals surface area contributed by atoms with Crippen LogP contribution in [0.2, 0.25) is 5.02 Å². The van der Waals surface area contributed by atoms with Crippen molar-refractivity contribution in [3.8, 4) is 0 Å². The Kier molecular flexibility index (Phi) is 2.92. The maximum Gasteiger partial charge on any atom is 0.0408 e. The summed E-state index contributed by atoms with van der Waals surface area (Å²) in [6.07, 6.45) is 0.889. The van der Waals surface area contributed by atoms with Gasteiger partial charge in [-0.05, 0) is 31.0 Å². The van der Waals surface area contributed by atoms with E-state index in [0.29, 0.717) is 0 Å². The second-order valence-electron chi connectivity index (χ2n) is 2.81. The van der Waals surface area contributed by atoms with Crippen LogP contribution in [0, 0.1) is 0 Å². The van der Waals surface area contributed by atoms with Crippen LogP contribution in [0.5, 0.6) is 0 Å². The maximum atomic E-state index is 5.79. The van der Waals surface area contributed by atoms with Crippen LogP contribution in [-0.2, 0) is 6.42 Å².